The third-order valence-electron chi connectivity index (χ3n) is 6.41. The zero-order valence-electron chi connectivity index (χ0n) is 21.2. The van der Waals surface area contributed by atoms with Crippen molar-refractivity contribution in [2.24, 2.45) is 0 Å². The van der Waals surface area contributed by atoms with E-state index in [2.05, 4.69) is 5.32 Å². The molecule has 0 spiro atoms. The molecule has 1 aliphatic rings. The summed E-state index contributed by atoms with van der Waals surface area (Å²) in [6.07, 6.45) is 1.39. The third-order valence-corrected chi connectivity index (χ3v) is 6.78. The maximum atomic E-state index is 13.1. The Morgan fingerprint density at radius 1 is 0.900 bits per heavy atom. The van der Waals surface area contributed by atoms with E-state index < -0.39 is 5.91 Å². The van der Waals surface area contributed by atoms with E-state index in [0.29, 0.717) is 33.2 Å². The first kappa shape index (κ1) is 26.4. The molecule has 0 saturated carbocycles. The minimum atomic E-state index is -0.697. The molecule has 0 radical (unpaired) electrons. The van der Waals surface area contributed by atoms with E-state index in [-0.39, 0.29) is 40.6 Å². The van der Waals surface area contributed by atoms with Gasteiger partial charge in [0.15, 0.2) is 23.1 Å². The summed E-state index contributed by atoms with van der Waals surface area (Å²) in [7, 11) is 1.49. The molecule has 1 aliphatic carbocycles. The van der Waals surface area contributed by atoms with Crippen LogP contribution in [0.1, 0.15) is 43.0 Å². The maximum absolute atomic E-state index is 13.1. The van der Waals surface area contributed by atoms with Crippen molar-refractivity contribution in [3.05, 3.63) is 129 Å². The lowest BCUT2D eigenvalue weighted by molar-refractivity contribution is -0.112. The number of rotatable bonds is 7. The van der Waals surface area contributed by atoms with Crippen molar-refractivity contribution in [1.29, 1.82) is 5.26 Å². The van der Waals surface area contributed by atoms with Crippen molar-refractivity contribution >= 4 is 40.8 Å². The number of carbonyl (C=O) groups excluding carboxylic acids is 3. The van der Waals surface area contributed by atoms with Crippen LogP contribution in [0.25, 0.3) is 6.08 Å². The average Bonchev–Trinajstić information content (AvgIpc) is 2.98. The van der Waals surface area contributed by atoms with Crippen LogP contribution in [0.4, 0.5) is 5.69 Å². The molecule has 0 fully saturated rings. The number of hydrogen-bond acceptors (Lipinski definition) is 6. The molecule has 0 saturated heterocycles. The molecule has 7 nitrogen and oxygen atoms in total. The first-order chi connectivity index (χ1) is 19.4. The molecule has 0 unspecified atom stereocenters. The van der Waals surface area contributed by atoms with Gasteiger partial charge in [-0.2, -0.15) is 5.26 Å². The zero-order chi connectivity index (χ0) is 28.2. The van der Waals surface area contributed by atoms with Crippen LogP contribution in [0.5, 0.6) is 11.5 Å². The van der Waals surface area contributed by atoms with E-state index in [4.69, 9.17) is 21.1 Å². The molecule has 8 heteroatoms. The van der Waals surface area contributed by atoms with E-state index in [0.717, 1.165) is 5.56 Å². The molecular weight excluding hydrogens is 528 g/mol. The Bertz CT molecular complexity index is 1750. The van der Waals surface area contributed by atoms with E-state index in [9.17, 15) is 19.6 Å². The molecule has 0 bridgehead atoms. The lowest BCUT2D eigenvalue weighted by atomic mass is 9.84. The van der Waals surface area contributed by atoms with Crippen molar-refractivity contribution in [2.75, 3.05) is 12.4 Å². The van der Waals surface area contributed by atoms with Gasteiger partial charge in [-0.3, -0.25) is 14.4 Å². The quantitative estimate of drug-likeness (QED) is 0.190. The van der Waals surface area contributed by atoms with Gasteiger partial charge in [0.2, 0.25) is 0 Å². The summed E-state index contributed by atoms with van der Waals surface area (Å²) in [5.74, 6) is -0.520. The van der Waals surface area contributed by atoms with Gasteiger partial charge >= 0.3 is 0 Å². The van der Waals surface area contributed by atoms with Crippen LogP contribution >= 0.6 is 11.6 Å². The van der Waals surface area contributed by atoms with Gasteiger partial charge in [-0.1, -0.05) is 66.2 Å². The molecule has 0 heterocycles. The highest BCUT2D eigenvalue weighted by Gasteiger charge is 2.29. The highest BCUT2D eigenvalue weighted by Crippen LogP contribution is 2.34. The fraction of sp³-hybridized carbons (Fsp3) is 0.0625. The number of nitrogens with one attached hydrogen (secondary N) is 1. The first-order valence-electron chi connectivity index (χ1n) is 12.2. The van der Waals surface area contributed by atoms with Crippen LogP contribution in [0, 0.1) is 11.3 Å². The Morgan fingerprint density at radius 2 is 1.57 bits per heavy atom. The number of benzene rings is 4. The zero-order valence-corrected chi connectivity index (χ0v) is 22.0. The molecule has 1 N–H and O–H groups in total. The van der Waals surface area contributed by atoms with Gasteiger partial charge in [0, 0.05) is 44.1 Å². The van der Waals surface area contributed by atoms with Crippen molar-refractivity contribution < 1.29 is 23.9 Å². The SMILES string of the molecule is COc1cccc(C=C(C#N)C(=O)Nc2ccc3c(c2)C(=O)c2ccccc2C3=O)c1OCc1ccccc1Cl. The van der Waals surface area contributed by atoms with Crippen LogP contribution in [0.3, 0.4) is 0 Å². The minimum Gasteiger partial charge on any atom is -0.493 e. The van der Waals surface area contributed by atoms with Crippen molar-refractivity contribution in [2.45, 2.75) is 6.61 Å². The molecule has 196 valence electrons. The Balaban J connectivity index is 1.41. The lowest BCUT2D eigenvalue weighted by Gasteiger charge is -2.18. The first-order valence-corrected chi connectivity index (χ1v) is 12.6. The number of nitriles is 1. The number of amides is 1. The van der Waals surface area contributed by atoms with Crippen LogP contribution in [-0.2, 0) is 11.4 Å². The number of ether oxygens (including phenoxy) is 2. The molecule has 1 amide bonds. The molecule has 0 aliphatic heterocycles. The molecule has 40 heavy (non-hydrogen) atoms. The summed E-state index contributed by atoms with van der Waals surface area (Å²) in [4.78, 5) is 39.0. The lowest BCUT2D eigenvalue weighted by Crippen LogP contribution is -2.21. The fourth-order valence-corrected chi connectivity index (χ4v) is 4.60. The number of para-hydroxylation sites is 1. The van der Waals surface area contributed by atoms with E-state index in [1.807, 2.05) is 24.3 Å². The smallest absolute Gasteiger partial charge is 0.266 e. The minimum absolute atomic E-state index is 0.139. The van der Waals surface area contributed by atoms with E-state index in [1.165, 1.54) is 31.4 Å². The van der Waals surface area contributed by atoms with Crippen molar-refractivity contribution in [3.8, 4) is 17.6 Å². The van der Waals surface area contributed by atoms with Gasteiger partial charge in [0.05, 0.1) is 7.11 Å². The summed E-state index contributed by atoms with van der Waals surface area (Å²) < 4.78 is 11.5. The highest BCUT2D eigenvalue weighted by molar-refractivity contribution is 6.31. The number of halogens is 1. The number of anilines is 1. The fourth-order valence-electron chi connectivity index (χ4n) is 4.41. The molecule has 4 aromatic rings. The Hall–Kier alpha value is -5.19. The summed E-state index contributed by atoms with van der Waals surface area (Å²) in [6, 6.07) is 25.3. The summed E-state index contributed by atoms with van der Waals surface area (Å²) in [5.41, 5.74) is 2.36. The van der Waals surface area contributed by atoms with Gasteiger partial charge in [-0.05, 0) is 36.4 Å². The highest BCUT2D eigenvalue weighted by atomic mass is 35.5. The topological polar surface area (TPSA) is 105 Å². The number of nitrogens with zero attached hydrogens (tertiary/aromatic N) is 1. The molecule has 5 rings (SSSR count). The normalized spacial score (nSPS) is 12.2. The van der Waals surface area contributed by atoms with Gasteiger partial charge in [-0.15, -0.1) is 0 Å². The second-order valence-electron chi connectivity index (χ2n) is 8.85. The van der Waals surface area contributed by atoms with Crippen LogP contribution in [-0.4, -0.2) is 24.6 Å². The van der Waals surface area contributed by atoms with Gasteiger partial charge in [-0.25, -0.2) is 0 Å². The second-order valence-corrected chi connectivity index (χ2v) is 9.25. The molecular formula is C32H21ClN2O5. The van der Waals surface area contributed by atoms with E-state index >= 15 is 0 Å². The third kappa shape index (κ3) is 5.08. The van der Waals surface area contributed by atoms with Crippen LogP contribution in [0.15, 0.2) is 90.5 Å². The van der Waals surface area contributed by atoms with Gasteiger partial charge in [0.1, 0.15) is 18.2 Å². The number of hydrogen-bond donors (Lipinski definition) is 1. The number of carbonyl (C=O) groups is 3. The maximum Gasteiger partial charge on any atom is 0.266 e. The van der Waals surface area contributed by atoms with Crippen molar-refractivity contribution in [3.63, 3.8) is 0 Å². The number of ketones is 2. The number of methoxy groups -OCH3 is 1. The van der Waals surface area contributed by atoms with Crippen molar-refractivity contribution in [1.82, 2.24) is 0 Å². The van der Waals surface area contributed by atoms with Crippen LogP contribution < -0.4 is 14.8 Å². The molecule has 0 atom stereocenters. The standard InChI is InChI=1S/C32H21ClN2O5/c1-39-28-12-6-8-19(31(28)40-18-20-7-2-5-11-27(20)33)15-21(17-34)32(38)35-22-13-14-25-26(16-22)30(37)24-10-4-3-9-23(24)29(25)36/h2-16H,18H2,1H3,(H,35,38). The van der Waals surface area contributed by atoms with Crippen LogP contribution in [0.2, 0.25) is 5.02 Å². The Morgan fingerprint density at radius 3 is 2.27 bits per heavy atom. The summed E-state index contributed by atoms with van der Waals surface area (Å²) in [6.45, 7) is 0.139. The van der Waals surface area contributed by atoms with Gasteiger partial charge < -0.3 is 14.8 Å². The average molecular weight is 549 g/mol. The summed E-state index contributed by atoms with van der Waals surface area (Å²) in [5, 5.41) is 13.0. The predicted octanol–water partition coefficient (Wildman–Crippen LogP) is 6.25. The predicted molar refractivity (Wildman–Crippen MR) is 151 cm³/mol. The Labute approximate surface area is 235 Å². The largest absolute Gasteiger partial charge is 0.493 e. The summed E-state index contributed by atoms with van der Waals surface area (Å²) >= 11 is 6.26. The monoisotopic (exact) mass is 548 g/mol. The number of fused-ring (bicyclic) bond motifs is 2. The second kappa shape index (κ2) is 11.3. The molecule has 0 aromatic heterocycles. The molecule has 4 aromatic carbocycles. The van der Waals surface area contributed by atoms with Gasteiger partial charge in [0.25, 0.3) is 5.91 Å². The van der Waals surface area contributed by atoms with E-state index in [1.54, 1.807) is 48.5 Å². The Kier molecular flexibility index (Phi) is 7.45.